The number of anilines is 1. The number of amides is 2. The lowest BCUT2D eigenvalue weighted by Crippen LogP contribution is -2.26. The van der Waals surface area contributed by atoms with Gasteiger partial charge in [-0.15, -0.1) is 0 Å². The zero-order valence-electron chi connectivity index (χ0n) is 11.5. The molecule has 0 fully saturated rings. The van der Waals surface area contributed by atoms with Crippen molar-refractivity contribution >= 4 is 23.4 Å². The second-order valence-corrected chi connectivity index (χ2v) is 4.57. The maximum Gasteiger partial charge on any atom is 0.411 e. The van der Waals surface area contributed by atoms with Crippen molar-refractivity contribution in [2.24, 2.45) is 11.0 Å². The Morgan fingerprint density at radius 1 is 1.40 bits per heavy atom. The molecule has 0 bridgehead atoms. The number of para-hydroxylation sites is 1. The Balaban J connectivity index is 1.75. The Morgan fingerprint density at radius 2 is 2.10 bits per heavy atom. The van der Waals surface area contributed by atoms with Crippen molar-refractivity contribution in [3.8, 4) is 0 Å². The number of nitrogens with zero attached hydrogens (tertiary/aromatic N) is 2. The molecule has 6 nitrogen and oxygen atoms in total. The maximum atomic E-state index is 11.7. The molecule has 0 aliphatic carbocycles. The summed E-state index contributed by atoms with van der Waals surface area (Å²) < 4.78 is 5.06. The van der Waals surface area contributed by atoms with Gasteiger partial charge in [-0.1, -0.05) is 18.2 Å². The first-order valence-corrected chi connectivity index (χ1v) is 6.39. The van der Waals surface area contributed by atoms with Crippen molar-refractivity contribution in [2.45, 2.75) is 13.3 Å². The van der Waals surface area contributed by atoms with Gasteiger partial charge in [-0.3, -0.25) is 10.1 Å². The number of ether oxygens (including phenoxy) is 1. The van der Waals surface area contributed by atoms with Gasteiger partial charge in [0, 0.05) is 18.4 Å². The molecule has 0 spiro atoms. The van der Waals surface area contributed by atoms with E-state index in [-0.39, 0.29) is 18.4 Å². The lowest BCUT2D eigenvalue weighted by molar-refractivity contribution is -0.130. The average molecular weight is 275 g/mol. The highest BCUT2D eigenvalue weighted by Crippen LogP contribution is 2.17. The zero-order valence-corrected chi connectivity index (χ0v) is 11.5. The fraction of sp³-hybridized carbons (Fsp3) is 0.357. The van der Waals surface area contributed by atoms with Crippen molar-refractivity contribution in [1.29, 1.82) is 0 Å². The SMILES string of the molecule is CC1=NN(C)C(=O)[C@H]1CCOC(=O)Nc1ccccc1. The van der Waals surface area contributed by atoms with Crippen LogP contribution in [0.1, 0.15) is 13.3 Å². The van der Waals surface area contributed by atoms with Gasteiger partial charge in [0.1, 0.15) is 0 Å². The third kappa shape index (κ3) is 3.34. The molecule has 0 saturated heterocycles. The number of benzene rings is 1. The van der Waals surface area contributed by atoms with E-state index in [1.165, 1.54) is 5.01 Å². The van der Waals surface area contributed by atoms with Gasteiger partial charge >= 0.3 is 6.09 Å². The van der Waals surface area contributed by atoms with Crippen LogP contribution in [0.4, 0.5) is 10.5 Å². The van der Waals surface area contributed by atoms with E-state index in [9.17, 15) is 9.59 Å². The number of hydrogen-bond acceptors (Lipinski definition) is 4. The smallest absolute Gasteiger partial charge is 0.411 e. The van der Waals surface area contributed by atoms with E-state index in [1.807, 2.05) is 18.2 Å². The minimum atomic E-state index is -0.524. The molecule has 2 rings (SSSR count). The number of carbonyl (C=O) groups excluding carboxylic acids is 2. The van der Waals surface area contributed by atoms with E-state index in [0.29, 0.717) is 12.1 Å². The molecule has 0 aromatic heterocycles. The molecule has 106 valence electrons. The quantitative estimate of drug-likeness (QED) is 0.914. The summed E-state index contributed by atoms with van der Waals surface area (Å²) in [7, 11) is 1.62. The summed E-state index contributed by atoms with van der Waals surface area (Å²) in [6.07, 6.45) is -0.0784. The van der Waals surface area contributed by atoms with Crippen molar-refractivity contribution < 1.29 is 14.3 Å². The van der Waals surface area contributed by atoms with Crippen LogP contribution in [0, 0.1) is 5.92 Å². The average Bonchev–Trinajstić information content (AvgIpc) is 2.66. The zero-order chi connectivity index (χ0) is 14.5. The molecule has 1 aromatic carbocycles. The Hall–Kier alpha value is -2.37. The molecule has 1 aliphatic rings. The van der Waals surface area contributed by atoms with E-state index in [0.717, 1.165) is 5.71 Å². The van der Waals surface area contributed by atoms with Gasteiger partial charge in [-0.25, -0.2) is 9.80 Å². The number of carbonyl (C=O) groups is 2. The van der Waals surface area contributed by atoms with Crippen molar-refractivity contribution in [2.75, 3.05) is 19.0 Å². The normalized spacial score (nSPS) is 17.9. The van der Waals surface area contributed by atoms with E-state index in [2.05, 4.69) is 10.4 Å². The van der Waals surface area contributed by atoms with Gasteiger partial charge in [0.2, 0.25) is 0 Å². The number of nitrogens with one attached hydrogen (secondary N) is 1. The predicted molar refractivity (Wildman–Crippen MR) is 75.4 cm³/mol. The van der Waals surface area contributed by atoms with E-state index in [4.69, 9.17) is 4.74 Å². The molecule has 6 heteroatoms. The number of hydrazone groups is 1. The fourth-order valence-electron chi connectivity index (χ4n) is 2.04. The van der Waals surface area contributed by atoms with Gasteiger partial charge < -0.3 is 4.74 Å². The van der Waals surface area contributed by atoms with Crippen LogP contribution in [-0.2, 0) is 9.53 Å². The molecule has 1 aliphatic heterocycles. The minimum absolute atomic E-state index is 0.0606. The van der Waals surface area contributed by atoms with E-state index >= 15 is 0 Å². The third-order valence-electron chi connectivity index (χ3n) is 3.09. The predicted octanol–water partition coefficient (Wildman–Crippen LogP) is 2.09. The highest BCUT2D eigenvalue weighted by molar-refractivity contribution is 6.06. The standard InChI is InChI=1S/C14H17N3O3/c1-10-12(13(18)17(2)16-10)8-9-20-14(19)15-11-6-4-3-5-7-11/h3-7,12H,8-9H2,1-2H3,(H,15,19)/t12-/m0/s1. The highest BCUT2D eigenvalue weighted by atomic mass is 16.5. The molecular formula is C14H17N3O3. The maximum absolute atomic E-state index is 11.7. The van der Waals surface area contributed by atoms with Crippen LogP contribution in [0.2, 0.25) is 0 Å². The summed E-state index contributed by atoms with van der Waals surface area (Å²) in [6, 6.07) is 9.05. The summed E-state index contributed by atoms with van der Waals surface area (Å²) >= 11 is 0. The lowest BCUT2D eigenvalue weighted by atomic mass is 10.0. The first-order valence-electron chi connectivity index (χ1n) is 6.39. The molecule has 1 atom stereocenters. The third-order valence-corrected chi connectivity index (χ3v) is 3.09. The Morgan fingerprint density at radius 3 is 2.70 bits per heavy atom. The van der Waals surface area contributed by atoms with Crippen LogP contribution >= 0.6 is 0 Å². The largest absolute Gasteiger partial charge is 0.449 e. The summed E-state index contributed by atoms with van der Waals surface area (Å²) in [4.78, 5) is 23.3. The second-order valence-electron chi connectivity index (χ2n) is 4.57. The molecule has 20 heavy (non-hydrogen) atoms. The molecule has 0 unspecified atom stereocenters. The van der Waals surface area contributed by atoms with Crippen molar-refractivity contribution in [1.82, 2.24) is 5.01 Å². The van der Waals surface area contributed by atoms with Gasteiger partial charge in [0.15, 0.2) is 0 Å². The monoisotopic (exact) mass is 275 g/mol. The van der Waals surface area contributed by atoms with Gasteiger partial charge in [-0.05, 0) is 25.5 Å². The van der Waals surface area contributed by atoms with Crippen molar-refractivity contribution in [3.05, 3.63) is 30.3 Å². The van der Waals surface area contributed by atoms with E-state index < -0.39 is 6.09 Å². The fourth-order valence-corrected chi connectivity index (χ4v) is 2.04. The second kappa shape index (κ2) is 6.18. The first kappa shape index (κ1) is 14.0. The van der Waals surface area contributed by atoms with Crippen LogP contribution in [0.15, 0.2) is 35.4 Å². The molecular weight excluding hydrogens is 258 g/mol. The van der Waals surface area contributed by atoms with Gasteiger partial charge in [0.05, 0.1) is 12.5 Å². The number of rotatable bonds is 4. The Bertz CT molecular complexity index is 528. The lowest BCUT2D eigenvalue weighted by Gasteiger charge is -2.11. The first-order chi connectivity index (χ1) is 9.58. The van der Waals surface area contributed by atoms with Crippen LogP contribution < -0.4 is 5.32 Å². The Kier molecular flexibility index (Phi) is 4.34. The van der Waals surface area contributed by atoms with E-state index in [1.54, 1.807) is 26.1 Å². The van der Waals surface area contributed by atoms with Crippen LogP contribution in [0.3, 0.4) is 0 Å². The summed E-state index contributed by atoms with van der Waals surface area (Å²) in [5.41, 5.74) is 1.43. The summed E-state index contributed by atoms with van der Waals surface area (Å²) in [6.45, 7) is 1.98. The summed E-state index contributed by atoms with van der Waals surface area (Å²) in [5.74, 6) is -0.348. The molecule has 2 amide bonds. The van der Waals surface area contributed by atoms with Gasteiger partial charge in [0.25, 0.3) is 5.91 Å². The van der Waals surface area contributed by atoms with Gasteiger partial charge in [-0.2, -0.15) is 5.10 Å². The topological polar surface area (TPSA) is 71.0 Å². The van der Waals surface area contributed by atoms with Crippen LogP contribution in [0.5, 0.6) is 0 Å². The number of hydrogen-bond donors (Lipinski definition) is 1. The molecule has 0 saturated carbocycles. The molecule has 0 radical (unpaired) electrons. The summed E-state index contributed by atoms with van der Waals surface area (Å²) in [5, 5.41) is 8.00. The minimum Gasteiger partial charge on any atom is -0.449 e. The van der Waals surface area contributed by atoms with Crippen LogP contribution in [-0.4, -0.2) is 36.4 Å². The molecule has 1 aromatic rings. The van der Waals surface area contributed by atoms with Crippen LogP contribution in [0.25, 0.3) is 0 Å². The molecule has 1 N–H and O–H groups in total. The van der Waals surface area contributed by atoms with Crippen molar-refractivity contribution in [3.63, 3.8) is 0 Å². The molecule has 1 heterocycles. The Labute approximate surface area is 117 Å². The highest BCUT2D eigenvalue weighted by Gasteiger charge is 2.30.